The van der Waals surface area contributed by atoms with E-state index >= 15 is 0 Å². The van der Waals surface area contributed by atoms with E-state index in [2.05, 4.69) is 13.2 Å². The number of rotatable bonds is 12. The minimum absolute atomic E-state index is 0.0433. The fourth-order valence-electron chi connectivity index (χ4n) is 3.17. The quantitative estimate of drug-likeness (QED) is 0.204. The first-order valence-corrected chi connectivity index (χ1v) is 12.6. The predicted octanol–water partition coefficient (Wildman–Crippen LogP) is 5.19. The van der Waals surface area contributed by atoms with Gasteiger partial charge in [0.25, 0.3) is 0 Å². The zero-order valence-electron chi connectivity index (χ0n) is 23.2. The van der Waals surface area contributed by atoms with E-state index in [1.807, 2.05) is 6.92 Å². The van der Waals surface area contributed by atoms with Gasteiger partial charge >= 0.3 is 23.9 Å². The van der Waals surface area contributed by atoms with Crippen LogP contribution in [-0.2, 0) is 25.5 Å². The highest BCUT2D eigenvalue weighted by Crippen LogP contribution is 2.34. The lowest BCUT2D eigenvalue weighted by Gasteiger charge is -2.18. The molecule has 2 aromatic rings. The molecule has 0 spiro atoms. The van der Waals surface area contributed by atoms with Gasteiger partial charge in [0, 0.05) is 17.2 Å². The van der Waals surface area contributed by atoms with E-state index in [9.17, 15) is 29.4 Å². The van der Waals surface area contributed by atoms with Crippen molar-refractivity contribution < 1.29 is 48.3 Å². The Morgan fingerprint density at radius 1 is 0.900 bits per heavy atom. The fourth-order valence-corrected chi connectivity index (χ4v) is 3.17. The van der Waals surface area contributed by atoms with Gasteiger partial charge in [0.2, 0.25) is 0 Å². The number of hydrogen-bond acceptors (Lipinski definition) is 10. The largest absolute Gasteiger partial charge is 0.508 e. The van der Waals surface area contributed by atoms with Crippen LogP contribution < -0.4 is 14.2 Å². The van der Waals surface area contributed by atoms with Gasteiger partial charge in [-0.1, -0.05) is 27.0 Å². The summed E-state index contributed by atoms with van der Waals surface area (Å²) in [7, 11) is 0. The summed E-state index contributed by atoms with van der Waals surface area (Å²) in [5.41, 5.74) is 0.387. The molecule has 0 saturated carbocycles. The summed E-state index contributed by atoms with van der Waals surface area (Å²) in [6, 6.07) is 6.20. The zero-order chi connectivity index (χ0) is 30.1. The zero-order valence-corrected chi connectivity index (χ0v) is 23.2. The van der Waals surface area contributed by atoms with Crippen LogP contribution in [0.4, 0.5) is 0 Å². The maximum atomic E-state index is 12.8. The molecule has 0 aliphatic heterocycles. The first-order chi connectivity index (χ1) is 18.7. The molecule has 10 heteroatoms. The molecule has 0 fully saturated rings. The Kier molecular flexibility index (Phi) is 11.0. The lowest BCUT2D eigenvalue weighted by Crippen LogP contribution is -2.20. The Morgan fingerprint density at radius 3 is 2.12 bits per heavy atom. The van der Waals surface area contributed by atoms with Crippen molar-refractivity contribution in [2.24, 2.45) is 5.92 Å². The lowest BCUT2D eigenvalue weighted by molar-refractivity contribution is -0.138. The minimum atomic E-state index is -0.786. The molecular weight excluding hydrogens is 520 g/mol. The third kappa shape index (κ3) is 8.72. The Labute approximate surface area is 232 Å². The molecule has 2 unspecified atom stereocenters. The van der Waals surface area contributed by atoms with E-state index < -0.39 is 35.9 Å². The van der Waals surface area contributed by atoms with E-state index in [4.69, 9.17) is 18.9 Å². The van der Waals surface area contributed by atoms with Crippen LogP contribution in [0.2, 0.25) is 0 Å². The summed E-state index contributed by atoms with van der Waals surface area (Å²) in [6.45, 7) is 15.1. The SMILES string of the molecule is C=C(C)C(=O)Oc1ccc(O)c(OC(=O)C(C)CCc2cc(O)cc(C(=O)OC(C)CC)c2OC(=O)C(=C)C)c1. The summed E-state index contributed by atoms with van der Waals surface area (Å²) >= 11 is 0. The second-order valence-corrected chi connectivity index (χ2v) is 9.44. The van der Waals surface area contributed by atoms with Crippen LogP contribution in [0.3, 0.4) is 0 Å². The number of aromatic hydroxyl groups is 2. The summed E-state index contributed by atoms with van der Waals surface area (Å²) in [5.74, 6) is -4.59. The summed E-state index contributed by atoms with van der Waals surface area (Å²) in [4.78, 5) is 49.7. The third-order valence-corrected chi connectivity index (χ3v) is 5.75. The van der Waals surface area contributed by atoms with Crippen LogP contribution >= 0.6 is 0 Å². The Hall–Kier alpha value is -4.60. The maximum absolute atomic E-state index is 12.8. The molecule has 0 heterocycles. The van der Waals surface area contributed by atoms with E-state index in [1.54, 1.807) is 13.8 Å². The molecule has 2 N–H and O–H groups in total. The van der Waals surface area contributed by atoms with Crippen LogP contribution in [0, 0.1) is 5.92 Å². The average molecular weight is 555 g/mol. The van der Waals surface area contributed by atoms with Crippen LogP contribution in [-0.4, -0.2) is 40.2 Å². The molecule has 0 aliphatic rings. The van der Waals surface area contributed by atoms with Gasteiger partial charge in [0.15, 0.2) is 11.5 Å². The number of esters is 4. The molecule has 0 saturated heterocycles. The van der Waals surface area contributed by atoms with Gasteiger partial charge in [-0.3, -0.25) is 4.79 Å². The average Bonchev–Trinajstić information content (AvgIpc) is 2.89. The molecule has 0 aliphatic carbocycles. The Balaban J connectivity index is 2.26. The number of phenols is 2. The third-order valence-electron chi connectivity index (χ3n) is 5.75. The highest BCUT2D eigenvalue weighted by molar-refractivity contribution is 5.96. The summed E-state index contributed by atoms with van der Waals surface area (Å²) in [5, 5.41) is 20.4. The summed E-state index contributed by atoms with van der Waals surface area (Å²) < 4.78 is 21.2. The smallest absolute Gasteiger partial charge is 0.342 e. The lowest BCUT2D eigenvalue weighted by atomic mass is 9.98. The molecule has 10 nitrogen and oxygen atoms in total. The highest BCUT2D eigenvalue weighted by atomic mass is 16.6. The molecule has 40 heavy (non-hydrogen) atoms. The highest BCUT2D eigenvalue weighted by Gasteiger charge is 2.25. The van der Waals surface area contributed by atoms with Crippen LogP contribution in [0.25, 0.3) is 0 Å². The van der Waals surface area contributed by atoms with Crippen molar-refractivity contribution in [3.63, 3.8) is 0 Å². The molecule has 0 bridgehead atoms. The van der Waals surface area contributed by atoms with Crippen LogP contribution in [0.5, 0.6) is 28.7 Å². The molecule has 2 aromatic carbocycles. The van der Waals surface area contributed by atoms with Gasteiger partial charge in [0.05, 0.1) is 12.0 Å². The van der Waals surface area contributed by atoms with E-state index in [1.165, 1.54) is 38.1 Å². The molecule has 214 valence electrons. The second kappa shape index (κ2) is 14.0. The molecule has 2 atom stereocenters. The van der Waals surface area contributed by atoms with Crippen LogP contribution in [0.15, 0.2) is 54.6 Å². The first-order valence-electron chi connectivity index (χ1n) is 12.6. The van der Waals surface area contributed by atoms with Gasteiger partial charge in [-0.15, -0.1) is 0 Å². The topological polar surface area (TPSA) is 146 Å². The van der Waals surface area contributed by atoms with Gasteiger partial charge in [-0.25, -0.2) is 14.4 Å². The number of hydrogen-bond donors (Lipinski definition) is 2. The van der Waals surface area contributed by atoms with Crippen molar-refractivity contribution in [3.8, 4) is 28.7 Å². The maximum Gasteiger partial charge on any atom is 0.342 e. The van der Waals surface area contributed by atoms with Crippen molar-refractivity contribution in [2.45, 2.75) is 60.0 Å². The number of benzene rings is 2. The standard InChI is InChI=1S/C30H34O10/c1-8-19(7)37-30(36)23-14-21(31)13-20(26(23)40-28(34)17(4)5)10-9-18(6)29(35)39-25-15-22(11-12-24(25)32)38-27(33)16(2)3/h11-15,18-19,31-32H,2,4,8-10H2,1,3,5-7H3. The van der Waals surface area contributed by atoms with Crippen LogP contribution in [0.1, 0.15) is 63.4 Å². The van der Waals surface area contributed by atoms with Crippen molar-refractivity contribution in [3.05, 3.63) is 65.8 Å². The van der Waals surface area contributed by atoms with Gasteiger partial charge in [-0.05, 0) is 69.9 Å². The molecular formula is C30H34O10. The molecule has 0 radical (unpaired) electrons. The number of carbonyl (C=O) groups excluding carboxylic acids is 4. The fraction of sp³-hybridized carbons (Fsp3) is 0.333. The molecule has 0 amide bonds. The minimum Gasteiger partial charge on any atom is -0.508 e. The van der Waals surface area contributed by atoms with E-state index in [0.717, 1.165) is 6.07 Å². The Morgan fingerprint density at radius 2 is 1.52 bits per heavy atom. The van der Waals surface area contributed by atoms with Gasteiger partial charge in [-0.2, -0.15) is 0 Å². The van der Waals surface area contributed by atoms with Crippen molar-refractivity contribution in [1.82, 2.24) is 0 Å². The van der Waals surface area contributed by atoms with E-state index in [0.29, 0.717) is 6.42 Å². The second-order valence-electron chi connectivity index (χ2n) is 9.44. The monoisotopic (exact) mass is 554 g/mol. The predicted molar refractivity (Wildman–Crippen MR) is 145 cm³/mol. The number of phenolic OH excluding ortho intramolecular Hbond substituents is 2. The van der Waals surface area contributed by atoms with Crippen molar-refractivity contribution in [2.75, 3.05) is 0 Å². The van der Waals surface area contributed by atoms with Crippen molar-refractivity contribution in [1.29, 1.82) is 0 Å². The number of carbonyl (C=O) groups is 4. The molecule has 2 rings (SSSR count). The van der Waals surface area contributed by atoms with Gasteiger partial charge < -0.3 is 29.2 Å². The number of aryl methyl sites for hydroxylation is 1. The van der Waals surface area contributed by atoms with Crippen molar-refractivity contribution >= 4 is 23.9 Å². The normalized spacial score (nSPS) is 12.0. The summed E-state index contributed by atoms with van der Waals surface area (Å²) in [6.07, 6.45) is 0.365. The Bertz CT molecular complexity index is 1320. The van der Waals surface area contributed by atoms with Gasteiger partial charge in [0.1, 0.15) is 22.8 Å². The van der Waals surface area contributed by atoms with E-state index in [-0.39, 0.29) is 63.9 Å². The first kappa shape index (κ1) is 31.6. The molecule has 0 aromatic heterocycles. The number of ether oxygens (including phenoxy) is 4.